The van der Waals surface area contributed by atoms with Crippen LogP contribution in [0.15, 0.2) is 0 Å². The first-order valence-corrected chi connectivity index (χ1v) is 6.87. The summed E-state index contributed by atoms with van der Waals surface area (Å²) in [5.41, 5.74) is 6.58. The normalized spacial score (nSPS) is 34.8. The molecule has 2 N–H and O–H groups in total. The second-order valence-corrected chi connectivity index (χ2v) is 5.46. The summed E-state index contributed by atoms with van der Waals surface area (Å²) < 4.78 is 0. The van der Waals surface area contributed by atoms with Crippen molar-refractivity contribution in [3.63, 3.8) is 0 Å². The van der Waals surface area contributed by atoms with E-state index in [9.17, 15) is 0 Å². The van der Waals surface area contributed by atoms with Crippen molar-refractivity contribution in [3.8, 4) is 0 Å². The van der Waals surface area contributed by atoms with Gasteiger partial charge >= 0.3 is 0 Å². The third-order valence-electron chi connectivity index (χ3n) is 3.36. The maximum atomic E-state index is 6.40. The third kappa shape index (κ3) is 3.51. The van der Waals surface area contributed by atoms with Crippen molar-refractivity contribution in [1.82, 2.24) is 0 Å². The minimum absolute atomic E-state index is 0.182. The van der Waals surface area contributed by atoms with Crippen LogP contribution in [0.1, 0.15) is 45.4 Å². The molecule has 13 heavy (non-hydrogen) atoms. The highest BCUT2D eigenvalue weighted by Crippen LogP contribution is 2.34. The first-order chi connectivity index (χ1) is 6.20. The SMILES string of the molecule is CCC1CCCC(N)(CCSC)C1. The largest absolute Gasteiger partial charge is 0.325 e. The Labute approximate surface area is 86.8 Å². The summed E-state index contributed by atoms with van der Waals surface area (Å²) in [6.07, 6.45) is 9.98. The van der Waals surface area contributed by atoms with Gasteiger partial charge in [-0.15, -0.1) is 0 Å². The average Bonchev–Trinajstić information content (AvgIpc) is 2.15. The molecule has 0 aromatic carbocycles. The molecule has 1 nitrogen and oxygen atoms in total. The van der Waals surface area contributed by atoms with Crippen LogP contribution >= 0.6 is 11.8 Å². The monoisotopic (exact) mass is 201 g/mol. The van der Waals surface area contributed by atoms with Gasteiger partial charge in [-0.3, -0.25) is 0 Å². The highest BCUT2D eigenvalue weighted by molar-refractivity contribution is 7.98. The summed E-state index contributed by atoms with van der Waals surface area (Å²) in [7, 11) is 0. The predicted molar refractivity (Wildman–Crippen MR) is 62.2 cm³/mol. The molecule has 0 bridgehead atoms. The molecule has 0 saturated heterocycles. The van der Waals surface area contributed by atoms with Gasteiger partial charge in [-0.2, -0.15) is 11.8 Å². The third-order valence-corrected chi connectivity index (χ3v) is 3.98. The number of nitrogens with two attached hydrogens (primary N) is 1. The van der Waals surface area contributed by atoms with E-state index in [1.165, 1.54) is 44.3 Å². The van der Waals surface area contributed by atoms with E-state index < -0.39 is 0 Å². The Bertz CT molecular complexity index is 149. The zero-order valence-electron chi connectivity index (χ0n) is 9.01. The Kier molecular flexibility index (Phi) is 4.60. The Morgan fingerprint density at radius 3 is 2.92 bits per heavy atom. The summed E-state index contributed by atoms with van der Waals surface area (Å²) in [5.74, 6) is 2.13. The van der Waals surface area contributed by atoms with Crippen LogP contribution in [0.5, 0.6) is 0 Å². The van der Waals surface area contributed by atoms with Crippen molar-refractivity contribution in [2.45, 2.75) is 51.0 Å². The van der Waals surface area contributed by atoms with Crippen LogP contribution in [-0.4, -0.2) is 17.5 Å². The molecule has 1 aliphatic rings. The maximum absolute atomic E-state index is 6.40. The van der Waals surface area contributed by atoms with Crippen LogP contribution in [0.25, 0.3) is 0 Å². The van der Waals surface area contributed by atoms with Gasteiger partial charge in [0.1, 0.15) is 0 Å². The maximum Gasteiger partial charge on any atom is 0.0164 e. The molecule has 0 heterocycles. The van der Waals surface area contributed by atoms with E-state index in [4.69, 9.17) is 5.73 Å². The minimum Gasteiger partial charge on any atom is -0.325 e. The Morgan fingerprint density at radius 2 is 2.31 bits per heavy atom. The molecule has 2 atom stereocenters. The summed E-state index contributed by atoms with van der Waals surface area (Å²) in [5, 5.41) is 0. The predicted octanol–water partition coefficient (Wildman–Crippen LogP) is 3.04. The van der Waals surface area contributed by atoms with Gasteiger partial charge in [0.05, 0.1) is 0 Å². The summed E-state index contributed by atoms with van der Waals surface area (Å²) in [6, 6.07) is 0. The van der Waals surface area contributed by atoms with Gasteiger partial charge in [0.25, 0.3) is 0 Å². The molecule has 0 amide bonds. The summed E-state index contributed by atoms with van der Waals surface area (Å²) >= 11 is 1.92. The zero-order valence-corrected chi connectivity index (χ0v) is 9.83. The molecule has 0 aliphatic heterocycles. The van der Waals surface area contributed by atoms with E-state index in [-0.39, 0.29) is 5.54 Å². The molecule has 1 rings (SSSR count). The summed E-state index contributed by atoms with van der Waals surface area (Å²) in [4.78, 5) is 0. The topological polar surface area (TPSA) is 26.0 Å². The first kappa shape index (κ1) is 11.4. The van der Waals surface area contributed by atoms with Crippen LogP contribution < -0.4 is 5.73 Å². The molecule has 78 valence electrons. The van der Waals surface area contributed by atoms with Gasteiger partial charge < -0.3 is 5.73 Å². The van der Waals surface area contributed by atoms with Crippen molar-refractivity contribution in [1.29, 1.82) is 0 Å². The van der Waals surface area contributed by atoms with Gasteiger partial charge in [-0.1, -0.05) is 26.2 Å². The van der Waals surface area contributed by atoms with Crippen LogP contribution in [-0.2, 0) is 0 Å². The highest BCUT2D eigenvalue weighted by atomic mass is 32.2. The molecule has 0 aromatic rings. The quantitative estimate of drug-likeness (QED) is 0.756. The van der Waals surface area contributed by atoms with E-state index in [0.717, 1.165) is 5.92 Å². The lowest BCUT2D eigenvalue weighted by atomic mass is 9.74. The molecule has 1 fully saturated rings. The van der Waals surface area contributed by atoms with Crippen molar-refractivity contribution in [3.05, 3.63) is 0 Å². The lowest BCUT2D eigenvalue weighted by Gasteiger charge is -2.37. The molecule has 1 saturated carbocycles. The van der Waals surface area contributed by atoms with Gasteiger partial charge in [0.2, 0.25) is 0 Å². The number of hydrogen-bond donors (Lipinski definition) is 1. The fourth-order valence-electron chi connectivity index (χ4n) is 2.40. The first-order valence-electron chi connectivity index (χ1n) is 5.48. The van der Waals surface area contributed by atoms with E-state index >= 15 is 0 Å². The van der Waals surface area contributed by atoms with Gasteiger partial charge in [-0.25, -0.2) is 0 Å². The average molecular weight is 201 g/mol. The van der Waals surface area contributed by atoms with Crippen molar-refractivity contribution < 1.29 is 0 Å². The number of rotatable bonds is 4. The minimum atomic E-state index is 0.182. The van der Waals surface area contributed by atoms with Gasteiger partial charge in [0, 0.05) is 5.54 Å². The molecular formula is C11H23NS. The Hall–Kier alpha value is 0.310. The lowest BCUT2D eigenvalue weighted by molar-refractivity contribution is 0.215. The van der Waals surface area contributed by atoms with E-state index in [0.29, 0.717) is 0 Å². The van der Waals surface area contributed by atoms with Crippen molar-refractivity contribution in [2.75, 3.05) is 12.0 Å². The van der Waals surface area contributed by atoms with E-state index in [2.05, 4.69) is 13.2 Å². The van der Waals surface area contributed by atoms with Crippen LogP contribution in [0.4, 0.5) is 0 Å². The Balaban J connectivity index is 2.37. The molecule has 0 radical (unpaired) electrons. The molecule has 1 aliphatic carbocycles. The molecule has 0 aromatic heterocycles. The standard InChI is InChI=1S/C11H23NS/c1-3-10-5-4-6-11(12,9-10)7-8-13-2/h10H,3-9,12H2,1-2H3. The summed E-state index contributed by atoms with van der Waals surface area (Å²) in [6.45, 7) is 2.30. The molecular weight excluding hydrogens is 178 g/mol. The molecule has 0 spiro atoms. The highest BCUT2D eigenvalue weighted by Gasteiger charge is 2.31. The fourth-order valence-corrected chi connectivity index (χ4v) is 3.01. The Morgan fingerprint density at radius 1 is 1.54 bits per heavy atom. The molecule has 2 unspecified atom stereocenters. The second kappa shape index (κ2) is 5.26. The van der Waals surface area contributed by atoms with Crippen LogP contribution in [0.2, 0.25) is 0 Å². The van der Waals surface area contributed by atoms with Crippen LogP contribution in [0.3, 0.4) is 0 Å². The number of thioether (sulfide) groups is 1. The number of hydrogen-bond acceptors (Lipinski definition) is 2. The molecule has 2 heteroatoms. The smallest absolute Gasteiger partial charge is 0.0164 e. The van der Waals surface area contributed by atoms with Crippen LogP contribution in [0, 0.1) is 5.92 Å². The second-order valence-electron chi connectivity index (χ2n) is 4.48. The fraction of sp³-hybridized carbons (Fsp3) is 1.00. The zero-order chi connectivity index (χ0) is 9.73. The van der Waals surface area contributed by atoms with Gasteiger partial charge in [0.15, 0.2) is 0 Å². The van der Waals surface area contributed by atoms with E-state index in [1.807, 2.05) is 11.8 Å². The van der Waals surface area contributed by atoms with Crippen molar-refractivity contribution in [2.24, 2.45) is 11.7 Å². The lowest BCUT2D eigenvalue weighted by Crippen LogP contribution is -2.44. The van der Waals surface area contributed by atoms with E-state index in [1.54, 1.807) is 0 Å². The van der Waals surface area contributed by atoms with Crippen molar-refractivity contribution >= 4 is 11.8 Å². The van der Waals surface area contributed by atoms with Gasteiger partial charge in [-0.05, 0) is 37.2 Å².